The van der Waals surface area contributed by atoms with Crippen LogP contribution in [0.2, 0.25) is 0 Å². The summed E-state index contributed by atoms with van der Waals surface area (Å²) in [5, 5.41) is 15.2. The van der Waals surface area contributed by atoms with Crippen LogP contribution in [0.4, 0.5) is 0 Å². The van der Waals surface area contributed by atoms with Crippen molar-refractivity contribution < 1.29 is 24.2 Å². The third-order valence-electron chi connectivity index (χ3n) is 4.95. The molecule has 0 spiro atoms. The van der Waals surface area contributed by atoms with Gasteiger partial charge in [-0.1, -0.05) is 6.07 Å². The van der Waals surface area contributed by atoms with Crippen LogP contribution in [0.25, 0.3) is 0 Å². The fourth-order valence-electron chi connectivity index (χ4n) is 3.30. The van der Waals surface area contributed by atoms with E-state index in [2.05, 4.69) is 10.3 Å². The summed E-state index contributed by atoms with van der Waals surface area (Å²) in [4.78, 5) is 31.6. The molecule has 28 heavy (non-hydrogen) atoms. The maximum atomic E-state index is 12.8. The average molecular weight is 403 g/mol. The van der Waals surface area contributed by atoms with Crippen molar-refractivity contribution in [2.45, 2.75) is 25.0 Å². The maximum absolute atomic E-state index is 12.8. The SMILES string of the molecule is O=C(c1scc2c1OCCO2)N1CCC(O)(C(=O)NCc2ccccn2)CC1. The van der Waals surface area contributed by atoms with Crippen LogP contribution in [-0.4, -0.2) is 58.7 Å². The molecule has 2 N–H and O–H groups in total. The zero-order chi connectivity index (χ0) is 19.6. The first-order valence-electron chi connectivity index (χ1n) is 9.14. The van der Waals surface area contributed by atoms with Gasteiger partial charge in [0.25, 0.3) is 11.8 Å². The monoisotopic (exact) mass is 403 g/mol. The molecular weight excluding hydrogens is 382 g/mol. The van der Waals surface area contributed by atoms with Crippen molar-refractivity contribution in [2.75, 3.05) is 26.3 Å². The van der Waals surface area contributed by atoms with Crippen LogP contribution in [0.15, 0.2) is 29.8 Å². The van der Waals surface area contributed by atoms with Crippen molar-refractivity contribution >= 4 is 23.2 Å². The van der Waals surface area contributed by atoms with Gasteiger partial charge in [-0.2, -0.15) is 0 Å². The molecule has 4 heterocycles. The lowest BCUT2D eigenvalue weighted by Crippen LogP contribution is -2.54. The predicted molar refractivity (Wildman–Crippen MR) is 101 cm³/mol. The van der Waals surface area contributed by atoms with E-state index >= 15 is 0 Å². The Hall–Kier alpha value is -2.65. The van der Waals surface area contributed by atoms with Crippen LogP contribution >= 0.6 is 11.3 Å². The van der Waals surface area contributed by atoms with Crippen LogP contribution in [0.3, 0.4) is 0 Å². The Morgan fingerprint density at radius 3 is 2.79 bits per heavy atom. The van der Waals surface area contributed by atoms with E-state index in [9.17, 15) is 14.7 Å². The van der Waals surface area contributed by atoms with Crippen LogP contribution in [-0.2, 0) is 11.3 Å². The van der Waals surface area contributed by atoms with Gasteiger partial charge in [0.05, 0.1) is 12.2 Å². The number of hydrogen-bond donors (Lipinski definition) is 2. The molecule has 1 saturated heterocycles. The van der Waals surface area contributed by atoms with Gasteiger partial charge in [0.1, 0.15) is 23.7 Å². The molecule has 2 aliphatic rings. The Balaban J connectivity index is 1.35. The Bertz CT molecular complexity index is 862. The highest BCUT2D eigenvalue weighted by Gasteiger charge is 2.41. The normalized spacial score (nSPS) is 17.8. The molecule has 0 saturated carbocycles. The van der Waals surface area contributed by atoms with E-state index in [0.717, 1.165) is 5.69 Å². The quantitative estimate of drug-likeness (QED) is 0.796. The van der Waals surface area contributed by atoms with E-state index in [0.29, 0.717) is 42.7 Å². The van der Waals surface area contributed by atoms with Crippen molar-refractivity contribution in [2.24, 2.45) is 0 Å². The van der Waals surface area contributed by atoms with E-state index in [1.165, 1.54) is 11.3 Å². The molecule has 0 unspecified atom stereocenters. The number of pyridine rings is 1. The lowest BCUT2D eigenvalue weighted by atomic mass is 9.90. The summed E-state index contributed by atoms with van der Waals surface area (Å²) < 4.78 is 11.1. The van der Waals surface area contributed by atoms with Gasteiger partial charge in [-0.25, -0.2) is 0 Å². The van der Waals surface area contributed by atoms with Gasteiger partial charge >= 0.3 is 0 Å². The molecule has 2 aromatic rings. The number of carbonyl (C=O) groups excluding carboxylic acids is 2. The second-order valence-corrected chi connectivity index (χ2v) is 7.66. The molecule has 9 heteroatoms. The number of nitrogens with zero attached hydrogens (tertiary/aromatic N) is 2. The van der Waals surface area contributed by atoms with Crippen molar-refractivity contribution in [3.05, 3.63) is 40.3 Å². The fraction of sp³-hybridized carbons (Fsp3) is 0.421. The van der Waals surface area contributed by atoms with E-state index in [1.807, 2.05) is 6.07 Å². The summed E-state index contributed by atoms with van der Waals surface area (Å²) in [6, 6.07) is 5.44. The largest absolute Gasteiger partial charge is 0.485 e. The van der Waals surface area contributed by atoms with Crippen molar-refractivity contribution in [1.29, 1.82) is 0 Å². The van der Waals surface area contributed by atoms with Crippen LogP contribution in [0, 0.1) is 0 Å². The minimum Gasteiger partial charge on any atom is -0.485 e. The molecule has 2 amide bonds. The van der Waals surface area contributed by atoms with Crippen molar-refractivity contribution in [1.82, 2.24) is 15.2 Å². The molecule has 0 aromatic carbocycles. The first-order chi connectivity index (χ1) is 13.6. The first kappa shape index (κ1) is 18.7. The number of piperidine rings is 1. The van der Waals surface area contributed by atoms with Crippen LogP contribution in [0.5, 0.6) is 11.5 Å². The third kappa shape index (κ3) is 3.67. The van der Waals surface area contributed by atoms with Crippen molar-refractivity contribution in [3.8, 4) is 11.5 Å². The number of amides is 2. The Morgan fingerprint density at radius 1 is 1.25 bits per heavy atom. The second-order valence-electron chi connectivity index (χ2n) is 6.78. The maximum Gasteiger partial charge on any atom is 0.267 e. The number of fused-ring (bicyclic) bond motifs is 1. The molecular formula is C19H21N3O5S. The summed E-state index contributed by atoms with van der Waals surface area (Å²) in [6.07, 6.45) is 2.01. The highest BCUT2D eigenvalue weighted by atomic mass is 32.1. The predicted octanol–water partition coefficient (Wildman–Crippen LogP) is 1.20. The van der Waals surface area contributed by atoms with Crippen LogP contribution < -0.4 is 14.8 Å². The Kier molecular flexibility index (Phi) is 5.19. The Labute approximate surface area is 166 Å². The smallest absolute Gasteiger partial charge is 0.267 e. The fourth-order valence-corrected chi connectivity index (χ4v) is 4.20. The molecule has 4 rings (SSSR count). The molecule has 148 valence electrons. The highest BCUT2D eigenvalue weighted by Crippen LogP contribution is 2.40. The van der Waals surface area contributed by atoms with Gasteiger partial charge in [-0.15, -0.1) is 11.3 Å². The topological polar surface area (TPSA) is 101 Å². The van der Waals surface area contributed by atoms with E-state index in [1.54, 1.807) is 28.6 Å². The van der Waals surface area contributed by atoms with E-state index < -0.39 is 11.5 Å². The molecule has 2 aromatic heterocycles. The lowest BCUT2D eigenvalue weighted by Gasteiger charge is -2.37. The average Bonchev–Trinajstić information content (AvgIpc) is 3.17. The number of rotatable bonds is 4. The summed E-state index contributed by atoms with van der Waals surface area (Å²) in [6.45, 7) is 1.73. The molecule has 2 aliphatic heterocycles. The zero-order valence-electron chi connectivity index (χ0n) is 15.2. The standard InChI is InChI=1S/C19H21N3O5S/c23-17(16-15-14(12-28-16)26-9-10-27-15)22-7-4-19(25,5-8-22)18(24)21-11-13-3-1-2-6-20-13/h1-3,6,12,25H,4-5,7-11H2,(H,21,24). The number of nitrogens with one attached hydrogen (secondary N) is 1. The van der Waals surface area contributed by atoms with Gasteiger partial charge in [0, 0.05) is 37.5 Å². The summed E-state index contributed by atoms with van der Waals surface area (Å²) in [5.41, 5.74) is -0.767. The number of ether oxygens (including phenoxy) is 2. The molecule has 0 aliphatic carbocycles. The van der Waals surface area contributed by atoms with Gasteiger partial charge in [0.15, 0.2) is 11.5 Å². The first-order valence-corrected chi connectivity index (χ1v) is 10.0. The summed E-state index contributed by atoms with van der Waals surface area (Å²) >= 11 is 1.29. The van der Waals surface area contributed by atoms with Crippen molar-refractivity contribution in [3.63, 3.8) is 0 Å². The summed E-state index contributed by atoms with van der Waals surface area (Å²) in [5.74, 6) is 0.500. The number of thiophene rings is 1. The summed E-state index contributed by atoms with van der Waals surface area (Å²) in [7, 11) is 0. The number of carbonyl (C=O) groups is 2. The van der Waals surface area contributed by atoms with E-state index in [4.69, 9.17) is 9.47 Å². The number of aromatic nitrogens is 1. The van der Waals surface area contributed by atoms with Crippen LogP contribution in [0.1, 0.15) is 28.2 Å². The molecule has 1 fully saturated rings. The molecule has 0 bridgehead atoms. The minimum absolute atomic E-state index is 0.160. The second kappa shape index (κ2) is 7.76. The van der Waals surface area contributed by atoms with E-state index in [-0.39, 0.29) is 25.3 Å². The third-order valence-corrected chi connectivity index (χ3v) is 5.88. The number of likely N-dealkylation sites (tertiary alicyclic amines) is 1. The Morgan fingerprint density at radius 2 is 2.04 bits per heavy atom. The van der Waals surface area contributed by atoms with Gasteiger partial charge in [-0.3, -0.25) is 14.6 Å². The molecule has 0 atom stereocenters. The highest BCUT2D eigenvalue weighted by molar-refractivity contribution is 7.12. The number of aliphatic hydroxyl groups is 1. The lowest BCUT2D eigenvalue weighted by molar-refractivity contribution is -0.144. The molecule has 8 nitrogen and oxygen atoms in total. The minimum atomic E-state index is -1.49. The molecule has 0 radical (unpaired) electrons. The van der Waals surface area contributed by atoms with Gasteiger partial charge in [0.2, 0.25) is 0 Å². The van der Waals surface area contributed by atoms with Gasteiger partial charge < -0.3 is 24.8 Å². The van der Waals surface area contributed by atoms with Gasteiger partial charge in [-0.05, 0) is 12.1 Å². The zero-order valence-corrected chi connectivity index (χ0v) is 16.0. The number of hydrogen-bond acceptors (Lipinski definition) is 7.